The van der Waals surface area contributed by atoms with Gasteiger partial charge in [0.25, 0.3) is 11.8 Å². The molecule has 3 aromatic rings. The van der Waals surface area contributed by atoms with Crippen LogP contribution < -0.4 is 15.5 Å². The van der Waals surface area contributed by atoms with Gasteiger partial charge in [-0.1, -0.05) is 48.0 Å². The maximum absolute atomic E-state index is 12.3. The van der Waals surface area contributed by atoms with Crippen LogP contribution in [0.5, 0.6) is 5.75 Å². The molecule has 0 bridgehead atoms. The van der Waals surface area contributed by atoms with Crippen molar-refractivity contribution in [2.24, 2.45) is 5.10 Å². The third-order valence-electron chi connectivity index (χ3n) is 4.46. The van der Waals surface area contributed by atoms with E-state index < -0.39 is 11.9 Å². The van der Waals surface area contributed by atoms with Gasteiger partial charge < -0.3 is 10.1 Å². The minimum atomic E-state index is -0.775. The third kappa shape index (κ3) is 6.67. The second-order valence-corrected chi connectivity index (χ2v) is 8.15. The number of hydrazone groups is 1. The van der Waals surface area contributed by atoms with Crippen molar-refractivity contribution in [3.05, 3.63) is 99.0 Å². The number of carbonyl (C=O) groups excluding carboxylic acids is 2. The normalized spacial score (nSPS) is 11.7. The van der Waals surface area contributed by atoms with Crippen molar-refractivity contribution in [1.82, 2.24) is 10.7 Å². The quantitative estimate of drug-likeness (QED) is 0.330. The molecule has 0 radical (unpaired) electrons. The lowest BCUT2D eigenvalue weighted by Crippen LogP contribution is -2.43. The molecular weight excluding hydrogens is 494 g/mol. The number of amides is 2. The van der Waals surface area contributed by atoms with Crippen LogP contribution in [0.1, 0.15) is 28.4 Å². The number of hydrogen-bond acceptors (Lipinski definition) is 4. The molecule has 0 saturated heterocycles. The van der Waals surface area contributed by atoms with Crippen molar-refractivity contribution in [2.45, 2.75) is 19.6 Å². The highest BCUT2D eigenvalue weighted by Crippen LogP contribution is 2.19. The van der Waals surface area contributed by atoms with Gasteiger partial charge in [0, 0.05) is 15.1 Å². The zero-order valence-corrected chi connectivity index (χ0v) is 19.6. The molecule has 0 aliphatic rings. The van der Waals surface area contributed by atoms with Gasteiger partial charge in [0.05, 0.1) is 11.8 Å². The first kappa shape index (κ1) is 23.5. The number of nitrogens with one attached hydrogen (secondary N) is 2. The maximum atomic E-state index is 12.3. The van der Waals surface area contributed by atoms with Gasteiger partial charge >= 0.3 is 0 Å². The van der Waals surface area contributed by atoms with Crippen molar-refractivity contribution in [3.8, 4) is 5.75 Å². The molecule has 164 valence electrons. The summed E-state index contributed by atoms with van der Waals surface area (Å²) >= 11 is 9.23. The van der Waals surface area contributed by atoms with Gasteiger partial charge in [-0.3, -0.25) is 9.59 Å². The number of hydrogen-bond donors (Lipinski definition) is 2. The van der Waals surface area contributed by atoms with Crippen molar-refractivity contribution in [1.29, 1.82) is 0 Å². The zero-order chi connectivity index (χ0) is 22.9. The van der Waals surface area contributed by atoms with Gasteiger partial charge in [-0.05, 0) is 64.8 Å². The number of nitrogens with zero attached hydrogens (tertiary/aromatic N) is 1. The lowest BCUT2D eigenvalue weighted by Gasteiger charge is -2.13. The third-order valence-corrected chi connectivity index (χ3v) is 5.41. The van der Waals surface area contributed by atoms with Gasteiger partial charge in [0.2, 0.25) is 0 Å². The Hall–Kier alpha value is -3.16. The summed E-state index contributed by atoms with van der Waals surface area (Å²) in [6.07, 6.45) is 1.50. The fraction of sp³-hybridized carbons (Fsp3) is 0.125. The molecule has 0 aromatic heterocycles. The zero-order valence-electron chi connectivity index (χ0n) is 17.2. The molecule has 0 fully saturated rings. The first-order valence-corrected chi connectivity index (χ1v) is 11.0. The van der Waals surface area contributed by atoms with Gasteiger partial charge in [-0.15, -0.1) is 0 Å². The molecule has 6 nitrogen and oxygen atoms in total. The Bertz CT molecular complexity index is 1120. The molecule has 0 saturated carbocycles. The number of ether oxygens (including phenoxy) is 1. The van der Waals surface area contributed by atoms with E-state index in [2.05, 4.69) is 31.8 Å². The molecule has 2 amide bonds. The minimum absolute atomic E-state index is 0.356. The second kappa shape index (κ2) is 11.5. The Kier molecular flexibility index (Phi) is 8.41. The smallest absolute Gasteiger partial charge is 0.262 e. The second-order valence-electron chi connectivity index (χ2n) is 6.86. The molecule has 0 aliphatic carbocycles. The molecule has 32 heavy (non-hydrogen) atoms. The topological polar surface area (TPSA) is 79.8 Å². The lowest BCUT2D eigenvalue weighted by molar-refractivity contribution is -0.122. The number of rotatable bonds is 8. The Morgan fingerprint density at radius 3 is 2.50 bits per heavy atom. The highest BCUT2D eigenvalue weighted by atomic mass is 79.9. The van der Waals surface area contributed by atoms with Crippen LogP contribution in [0.4, 0.5) is 0 Å². The Labute approximate surface area is 199 Å². The molecule has 1 unspecified atom stereocenters. The molecule has 3 rings (SSSR count). The predicted molar refractivity (Wildman–Crippen MR) is 129 cm³/mol. The number of para-hydroxylation sites is 1. The monoisotopic (exact) mass is 513 g/mol. The Balaban J connectivity index is 1.56. The molecule has 8 heteroatoms. The SMILES string of the molecule is CC(NC(=O)c1ccccc1Br)C(=O)NN=Cc1ccccc1OCc1ccc(Cl)cc1. The fourth-order valence-corrected chi connectivity index (χ4v) is 3.30. The van der Waals surface area contributed by atoms with Crippen LogP contribution >= 0.6 is 27.5 Å². The van der Waals surface area contributed by atoms with E-state index in [0.717, 1.165) is 5.56 Å². The number of halogens is 2. The van der Waals surface area contributed by atoms with Crippen molar-refractivity contribution in [3.63, 3.8) is 0 Å². The van der Waals surface area contributed by atoms with Crippen molar-refractivity contribution < 1.29 is 14.3 Å². The summed E-state index contributed by atoms with van der Waals surface area (Å²) in [5.74, 6) is -0.179. The van der Waals surface area contributed by atoms with E-state index >= 15 is 0 Å². The highest BCUT2D eigenvalue weighted by Gasteiger charge is 2.17. The first-order valence-electron chi connectivity index (χ1n) is 9.78. The van der Waals surface area contributed by atoms with Gasteiger partial charge in [0.15, 0.2) is 0 Å². The Morgan fingerprint density at radius 2 is 1.75 bits per heavy atom. The van der Waals surface area contributed by atoms with E-state index in [-0.39, 0.29) is 5.91 Å². The minimum Gasteiger partial charge on any atom is -0.488 e. The summed E-state index contributed by atoms with van der Waals surface area (Å²) in [6, 6.07) is 21.0. The van der Waals surface area contributed by atoms with Crippen LogP contribution in [0.25, 0.3) is 0 Å². The Morgan fingerprint density at radius 1 is 1.06 bits per heavy atom. The van der Waals surface area contributed by atoms with Crippen LogP contribution in [-0.2, 0) is 11.4 Å². The van der Waals surface area contributed by atoms with Gasteiger partial charge in [-0.2, -0.15) is 5.10 Å². The van der Waals surface area contributed by atoms with E-state index in [1.54, 1.807) is 37.3 Å². The van der Waals surface area contributed by atoms with Gasteiger partial charge in [0.1, 0.15) is 18.4 Å². The molecule has 0 spiro atoms. The van der Waals surface area contributed by atoms with Gasteiger partial charge in [-0.25, -0.2) is 5.43 Å². The number of carbonyl (C=O) groups is 2. The summed E-state index contributed by atoms with van der Waals surface area (Å²) in [5, 5.41) is 7.32. The average Bonchev–Trinajstić information content (AvgIpc) is 2.79. The first-order chi connectivity index (χ1) is 15.4. The summed E-state index contributed by atoms with van der Waals surface area (Å²) in [7, 11) is 0. The van der Waals surface area contributed by atoms with Crippen LogP contribution in [0, 0.1) is 0 Å². The van der Waals surface area contributed by atoms with Crippen LogP contribution in [0.3, 0.4) is 0 Å². The van der Waals surface area contributed by atoms with E-state index in [1.807, 2.05) is 42.5 Å². The molecule has 0 aliphatic heterocycles. The van der Waals surface area contributed by atoms with E-state index in [1.165, 1.54) is 6.21 Å². The fourth-order valence-electron chi connectivity index (χ4n) is 2.71. The molecule has 1 atom stereocenters. The average molecular weight is 515 g/mol. The molecule has 2 N–H and O–H groups in total. The van der Waals surface area contributed by atoms with E-state index in [0.29, 0.717) is 33.0 Å². The lowest BCUT2D eigenvalue weighted by atomic mass is 10.2. The van der Waals surface area contributed by atoms with Crippen LogP contribution in [-0.4, -0.2) is 24.1 Å². The van der Waals surface area contributed by atoms with E-state index in [4.69, 9.17) is 16.3 Å². The van der Waals surface area contributed by atoms with Crippen molar-refractivity contribution in [2.75, 3.05) is 0 Å². The van der Waals surface area contributed by atoms with Crippen LogP contribution in [0.15, 0.2) is 82.4 Å². The highest BCUT2D eigenvalue weighted by molar-refractivity contribution is 9.10. The summed E-state index contributed by atoms with van der Waals surface area (Å²) < 4.78 is 6.52. The standard InChI is InChI=1S/C24H21BrClN3O3/c1-16(28-24(31)20-7-3-4-8-21(20)25)23(30)29-27-14-18-6-2-5-9-22(18)32-15-17-10-12-19(26)13-11-17/h2-14,16H,15H2,1H3,(H,28,31)(H,29,30). The maximum Gasteiger partial charge on any atom is 0.262 e. The molecule has 0 heterocycles. The largest absolute Gasteiger partial charge is 0.488 e. The van der Waals surface area contributed by atoms with E-state index in [9.17, 15) is 9.59 Å². The number of benzene rings is 3. The summed E-state index contributed by atoms with van der Waals surface area (Å²) in [6.45, 7) is 1.95. The van der Waals surface area contributed by atoms with Crippen LogP contribution in [0.2, 0.25) is 5.02 Å². The molecular formula is C24H21BrClN3O3. The summed E-state index contributed by atoms with van der Waals surface area (Å²) in [5.41, 5.74) is 4.57. The van der Waals surface area contributed by atoms with Crippen molar-refractivity contribution >= 4 is 45.6 Å². The predicted octanol–water partition coefficient (Wildman–Crippen LogP) is 4.95. The summed E-state index contributed by atoms with van der Waals surface area (Å²) in [4.78, 5) is 24.7. The molecule has 3 aromatic carbocycles.